The van der Waals surface area contributed by atoms with Crippen molar-refractivity contribution in [2.45, 2.75) is 32.6 Å². The van der Waals surface area contributed by atoms with Gasteiger partial charge < -0.3 is 15.5 Å². The molecular weight excluding hydrogens is 290 g/mol. The van der Waals surface area contributed by atoms with E-state index in [0.717, 1.165) is 60.1 Å². The highest BCUT2D eigenvalue weighted by molar-refractivity contribution is 5.67. The van der Waals surface area contributed by atoms with Crippen LogP contribution in [0.5, 0.6) is 0 Å². The molecule has 4 rings (SSSR count). The normalized spacial score (nSPS) is 16.3. The maximum atomic E-state index is 6.22. The molecule has 1 saturated heterocycles. The Labute approximate surface area is 134 Å². The van der Waals surface area contributed by atoms with E-state index in [1.807, 2.05) is 32.0 Å². The van der Waals surface area contributed by atoms with Gasteiger partial charge in [-0.25, -0.2) is 4.98 Å². The van der Waals surface area contributed by atoms with Crippen molar-refractivity contribution in [1.82, 2.24) is 19.9 Å². The van der Waals surface area contributed by atoms with Crippen molar-refractivity contribution in [1.29, 1.82) is 0 Å². The average molecular weight is 311 g/mol. The Bertz CT molecular complexity index is 857. The van der Waals surface area contributed by atoms with Gasteiger partial charge in [0, 0.05) is 29.3 Å². The molecular formula is C17H21N5O. The van der Waals surface area contributed by atoms with Gasteiger partial charge in [0.15, 0.2) is 5.65 Å². The van der Waals surface area contributed by atoms with E-state index in [1.54, 1.807) is 4.52 Å². The third-order valence-corrected chi connectivity index (χ3v) is 4.55. The van der Waals surface area contributed by atoms with E-state index in [9.17, 15) is 0 Å². The summed E-state index contributed by atoms with van der Waals surface area (Å²) in [7, 11) is 0. The fraction of sp³-hybridized carbons (Fsp3) is 0.412. The molecule has 0 bridgehead atoms. The topological polar surface area (TPSA) is 81.4 Å². The number of piperidine rings is 1. The van der Waals surface area contributed by atoms with Crippen molar-refractivity contribution in [3.63, 3.8) is 0 Å². The van der Waals surface area contributed by atoms with E-state index in [-0.39, 0.29) is 0 Å². The number of furan rings is 1. The van der Waals surface area contributed by atoms with Crippen molar-refractivity contribution in [2.24, 2.45) is 0 Å². The Kier molecular flexibility index (Phi) is 3.34. The molecule has 3 aromatic rings. The summed E-state index contributed by atoms with van der Waals surface area (Å²) >= 11 is 0. The first-order valence-corrected chi connectivity index (χ1v) is 8.06. The summed E-state index contributed by atoms with van der Waals surface area (Å²) in [4.78, 5) is 4.80. The highest BCUT2D eigenvalue weighted by Crippen LogP contribution is 2.29. The molecule has 6 heteroatoms. The number of nitrogens with zero attached hydrogens (tertiary/aromatic N) is 3. The van der Waals surface area contributed by atoms with Gasteiger partial charge in [-0.1, -0.05) is 0 Å². The number of rotatable bonds is 2. The standard InChI is InChI=1S/C17H21N5O/c1-10-7-13(11(2)23-10)15-9-17-20-14(8-16(18)22(17)21-15)12-3-5-19-6-4-12/h7-9,12,19H,3-6,18H2,1-2H3. The second-order valence-electron chi connectivity index (χ2n) is 6.26. The third-order valence-electron chi connectivity index (χ3n) is 4.55. The van der Waals surface area contributed by atoms with Crippen LogP contribution in [0, 0.1) is 13.8 Å². The minimum Gasteiger partial charge on any atom is -0.466 e. The first kappa shape index (κ1) is 14.3. The van der Waals surface area contributed by atoms with Crippen molar-refractivity contribution < 1.29 is 4.42 Å². The lowest BCUT2D eigenvalue weighted by atomic mass is 9.94. The number of fused-ring (bicyclic) bond motifs is 1. The monoisotopic (exact) mass is 311 g/mol. The van der Waals surface area contributed by atoms with Crippen molar-refractivity contribution >= 4 is 11.5 Å². The van der Waals surface area contributed by atoms with Gasteiger partial charge >= 0.3 is 0 Å². The van der Waals surface area contributed by atoms with Crippen LogP contribution < -0.4 is 11.1 Å². The summed E-state index contributed by atoms with van der Waals surface area (Å²) in [6.07, 6.45) is 2.20. The molecule has 0 radical (unpaired) electrons. The first-order valence-electron chi connectivity index (χ1n) is 8.06. The SMILES string of the molecule is Cc1cc(-c2cc3nc(C4CCNCC4)cc(N)n3n2)c(C)o1. The maximum absolute atomic E-state index is 6.22. The molecule has 6 nitrogen and oxygen atoms in total. The Morgan fingerprint density at radius 3 is 2.70 bits per heavy atom. The van der Waals surface area contributed by atoms with Crippen LogP contribution in [0.1, 0.15) is 36.0 Å². The lowest BCUT2D eigenvalue weighted by molar-refractivity contribution is 0.453. The minimum absolute atomic E-state index is 0.472. The van der Waals surface area contributed by atoms with Gasteiger partial charge in [0.2, 0.25) is 0 Å². The molecule has 1 fully saturated rings. The Balaban J connectivity index is 1.79. The molecule has 0 aromatic carbocycles. The molecule has 120 valence electrons. The maximum Gasteiger partial charge on any atom is 0.158 e. The molecule has 0 unspecified atom stereocenters. The van der Waals surface area contributed by atoms with Crippen LogP contribution in [0.4, 0.5) is 5.82 Å². The highest BCUT2D eigenvalue weighted by atomic mass is 16.3. The molecule has 0 saturated carbocycles. The number of nitrogens with two attached hydrogens (primary N) is 1. The average Bonchev–Trinajstić information content (AvgIpc) is 3.11. The van der Waals surface area contributed by atoms with Gasteiger partial charge in [0.05, 0.1) is 5.69 Å². The Hall–Kier alpha value is -2.34. The lowest BCUT2D eigenvalue weighted by Crippen LogP contribution is -2.27. The van der Waals surface area contributed by atoms with Crippen LogP contribution in [0.3, 0.4) is 0 Å². The molecule has 0 aliphatic carbocycles. The van der Waals surface area contributed by atoms with Crippen molar-refractivity contribution in [3.05, 3.63) is 35.4 Å². The second-order valence-corrected chi connectivity index (χ2v) is 6.26. The summed E-state index contributed by atoms with van der Waals surface area (Å²) in [6, 6.07) is 5.95. The summed E-state index contributed by atoms with van der Waals surface area (Å²) in [5, 5.41) is 7.98. The molecule has 0 amide bonds. The fourth-order valence-corrected chi connectivity index (χ4v) is 3.36. The predicted molar refractivity (Wildman–Crippen MR) is 89.4 cm³/mol. The van der Waals surface area contributed by atoms with E-state index >= 15 is 0 Å². The van der Waals surface area contributed by atoms with E-state index < -0.39 is 0 Å². The largest absolute Gasteiger partial charge is 0.466 e. The Morgan fingerprint density at radius 1 is 1.22 bits per heavy atom. The van der Waals surface area contributed by atoms with E-state index in [4.69, 9.17) is 15.1 Å². The minimum atomic E-state index is 0.472. The number of nitrogens with one attached hydrogen (secondary N) is 1. The molecule has 4 heterocycles. The van der Waals surface area contributed by atoms with E-state index in [0.29, 0.717) is 11.7 Å². The van der Waals surface area contributed by atoms with Crippen LogP contribution >= 0.6 is 0 Å². The van der Waals surface area contributed by atoms with Crippen LogP contribution in [0.15, 0.2) is 22.6 Å². The molecule has 0 atom stereocenters. The second kappa shape index (κ2) is 5.38. The smallest absolute Gasteiger partial charge is 0.158 e. The lowest BCUT2D eigenvalue weighted by Gasteiger charge is -2.22. The van der Waals surface area contributed by atoms with Gasteiger partial charge in [-0.05, 0) is 45.8 Å². The number of aryl methyl sites for hydroxylation is 2. The Morgan fingerprint density at radius 2 is 2.00 bits per heavy atom. The molecule has 0 spiro atoms. The summed E-state index contributed by atoms with van der Waals surface area (Å²) in [5.74, 6) is 2.85. The molecule has 1 aliphatic rings. The quantitative estimate of drug-likeness (QED) is 0.760. The molecule has 3 aromatic heterocycles. The number of hydrogen-bond acceptors (Lipinski definition) is 5. The van der Waals surface area contributed by atoms with Gasteiger partial charge in [0.25, 0.3) is 0 Å². The van der Waals surface area contributed by atoms with E-state index in [1.165, 1.54) is 0 Å². The summed E-state index contributed by atoms with van der Waals surface area (Å²) in [6.45, 7) is 5.96. The van der Waals surface area contributed by atoms with Gasteiger partial charge in [-0.15, -0.1) is 0 Å². The van der Waals surface area contributed by atoms with Crippen LogP contribution in [-0.4, -0.2) is 27.7 Å². The number of nitrogen functional groups attached to an aromatic ring is 1. The van der Waals surface area contributed by atoms with Crippen molar-refractivity contribution in [2.75, 3.05) is 18.8 Å². The number of anilines is 1. The zero-order valence-electron chi connectivity index (χ0n) is 13.5. The van der Waals surface area contributed by atoms with E-state index in [2.05, 4.69) is 10.4 Å². The third kappa shape index (κ3) is 2.49. The van der Waals surface area contributed by atoms with Gasteiger partial charge in [-0.2, -0.15) is 9.61 Å². The predicted octanol–water partition coefficient (Wildman–Crippen LogP) is 2.66. The zero-order chi connectivity index (χ0) is 16.0. The summed E-state index contributed by atoms with van der Waals surface area (Å²) in [5.41, 5.74) is 9.93. The van der Waals surface area contributed by atoms with Crippen LogP contribution in [0.25, 0.3) is 16.9 Å². The summed E-state index contributed by atoms with van der Waals surface area (Å²) < 4.78 is 7.32. The van der Waals surface area contributed by atoms with Gasteiger partial charge in [0.1, 0.15) is 17.3 Å². The fourth-order valence-electron chi connectivity index (χ4n) is 3.36. The van der Waals surface area contributed by atoms with Crippen LogP contribution in [-0.2, 0) is 0 Å². The van der Waals surface area contributed by atoms with Crippen LogP contribution in [0.2, 0.25) is 0 Å². The molecule has 3 N–H and O–H groups in total. The number of aromatic nitrogens is 3. The first-order chi connectivity index (χ1) is 11.1. The van der Waals surface area contributed by atoms with Gasteiger partial charge in [-0.3, -0.25) is 0 Å². The molecule has 23 heavy (non-hydrogen) atoms. The number of hydrogen-bond donors (Lipinski definition) is 2. The zero-order valence-corrected chi connectivity index (χ0v) is 13.5. The highest BCUT2D eigenvalue weighted by Gasteiger charge is 2.19. The van der Waals surface area contributed by atoms with Crippen molar-refractivity contribution in [3.8, 4) is 11.3 Å². The molecule has 1 aliphatic heterocycles.